The standard InChI is InChI=1S/C23H24FN3O3/c1-30-21-3-2-16(24)8-18(21)17-4-5-25-23-19(17)9-20(26-23)13-6-14-10-27(22(29)12-28)11-15(14)7-13/h2-5,8-9,13-15,28H,6-7,10-12H2,1H3,(H,25,26)/t13?,14-,15+. The Labute approximate surface area is 173 Å². The molecule has 5 rings (SSSR count). The number of H-pyrrole nitrogens is 1. The largest absolute Gasteiger partial charge is 0.496 e. The van der Waals surface area contributed by atoms with Crippen molar-refractivity contribution in [3.63, 3.8) is 0 Å². The van der Waals surface area contributed by atoms with Gasteiger partial charge in [-0.05, 0) is 66.5 Å². The van der Waals surface area contributed by atoms with Crippen molar-refractivity contribution in [2.24, 2.45) is 11.8 Å². The average Bonchev–Trinajstić information content (AvgIpc) is 3.45. The number of halogens is 1. The first-order valence-electron chi connectivity index (χ1n) is 10.3. The van der Waals surface area contributed by atoms with Gasteiger partial charge in [-0.15, -0.1) is 0 Å². The van der Waals surface area contributed by atoms with Gasteiger partial charge in [0.25, 0.3) is 0 Å². The molecule has 6 nitrogen and oxygen atoms in total. The van der Waals surface area contributed by atoms with E-state index in [1.807, 2.05) is 6.07 Å². The topological polar surface area (TPSA) is 78.5 Å². The molecule has 1 aliphatic carbocycles. The van der Waals surface area contributed by atoms with Crippen LogP contribution in [0.1, 0.15) is 24.5 Å². The molecule has 3 atom stereocenters. The van der Waals surface area contributed by atoms with Crippen LogP contribution >= 0.6 is 0 Å². The molecule has 0 bridgehead atoms. The minimum atomic E-state index is -0.414. The van der Waals surface area contributed by atoms with E-state index < -0.39 is 6.61 Å². The Hall–Kier alpha value is -2.93. The van der Waals surface area contributed by atoms with E-state index in [-0.39, 0.29) is 11.7 Å². The van der Waals surface area contributed by atoms with Crippen molar-refractivity contribution in [3.05, 3.63) is 48.0 Å². The molecule has 1 aliphatic heterocycles. The molecule has 30 heavy (non-hydrogen) atoms. The van der Waals surface area contributed by atoms with Gasteiger partial charge in [0.1, 0.15) is 23.8 Å². The van der Waals surface area contributed by atoms with Crippen LogP contribution in [-0.2, 0) is 4.79 Å². The molecule has 1 amide bonds. The van der Waals surface area contributed by atoms with Crippen LogP contribution in [0.15, 0.2) is 36.5 Å². The van der Waals surface area contributed by atoms with Crippen LogP contribution in [0.5, 0.6) is 5.75 Å². The molecule has 2 aliphatic rings. The second-order valence-corrected chi connectivity index (χ2v) is 8.34. The fourth-order valence-electron chi connectivity index (χ4n) is 5.25. The SMILES string of the molecule is COc1ccc(F)cc1-c1ccnc2[nH]c(C3C[C@@H]4CN(C(=O)CO)C[C@@H]4C3)cc12. The van der Waals surface area contributed by atoms with Gasteiger partial charge in [0.2, 0.25) is 5.91 Å². The van der Waals surface area contributed by atoms with Crippen LogP contribution in [0, 0.1) is 17.7 Å². The maximum atomic E-state index is 13.9. The van der Waals surface area contributed by atoms with Crippen LogP contribution in [0.4, 0.5) is 4.39 Å². The maximum absolute atomic E-state index is 13.9. The lowest BCUT2D eigenvalue weighted by Crippen LogP contribution is -2.32. The van der Waals surface area contributed by atoms with E-state index >= 15 is 0 Å². The number of rotatable bonds is 4. The van der Waals surface area contributed by atoms with Crippen LogP contribution in [0.3, 0.4) is 0 Å². The Bertz CT molecular complexity index is 1100. The van der Waals surface area contributed by atoms with Crippen molar-refractivity contribution in [1.82, 2.24) is 14.9 Å². The first-order valence-corrected chi connectivity index (χ1v) is 10.3. The van der Waals surface area contributed by atoms with Crippen LogP contribution < -0.4 is 4.74 Å². The molecule has 7 heteroatoms. The smallest absolute Gasteiger partial charge is 0.248 e. The number of fused-ring (bicyclic) bond motifs is 2. The number of nitrogens with one attached hydrogen (secondary N) is 1. The van der Waals surface area contributed by atoms with Crippen LogP contribution in [-0.4, -0.2) is 52.7 Å². The number of nitrogens with zero attached hydrogens (tertiary/aromatic N) is 2. The average molecular weight is 409 g/mol. The quantitative estimate of drug-likeness (QED) is 0.693. The molecule has 2 fully saturated rings. The third kappa shape index (κ3) is 3.13. The summed E-state index contributed by atoms with van der Waals surface area (Å²) in [6.45, 7) is 1.04. The molecule has 0 spiro atoms. The molecule has 1 unspecified atom stereocenters. The number of hydrogen-bond donors (Lipinski definition) is 2. The molecular formula is C23H24FN3O3. The minimum Gasteiger partial charge on any atom is -0.496 e. The lowest BCUT2D eigenvalue weighted by molar-refractivity contribution is -0.133. The van der Waals surface area contributed by atoms with E-state index in [0.717, 1.165) is 48.2 Å². The zero-order valence-corrected chi connectivity index (χ0v) is 16.8. The first-order chi connectivity index (χ1) is 14.6. The van der Waals surface area contributed by atoms with Gasteiger partial charge in [0, 0.05) is 35.9 Å². The van der Waals surface area contributed by atoms with Crippen LogP contribution in [0.2, 0.25) is 0 Å². The van der Waals surface area contributed by atoms with Crippen molar-refractivity contribution in [2.45, 2.75) is 18.8 Å². The number of aliphatic hydroxyl groups excluding tert-OH is 1. The number of methoxy groups -OCH3 is 1. The number of carbonyl (C=O) groups is 1. The van der Waals surface area contributed by atoms with Gasteiger partial charge in [0.15, 0.2) is 0 Å². The normalized spacial score (nSPS) is 23.2. The molecule has 156 valence electrons. The van der Waals surface area contributed by atoms with E-state index in [2.05, 4.69) is 16.0 Å². The second-order valence-electron chi connectivity index (χ2n) is 8.34. The third-order valence-corrected chi connectivity index (χ3v) is 6.68. The summed E-state index contributed by atoms with van der Waals surface area (Å²) in [6, 6.07) is 8.55. The molecule has 1 saturated heterocycles. The summed E-state index contributed by atoms with van der Waals surface area (Å²) < 4.78 is 19.4. The summed E-state index contributed by atoms with van der Waals surface area (Å²) >= 11 is 0. The van der Waals surface area contributed by atoms with Crippen molar-refractivity contribution in [2.75, 3.05) is 26.8 Å². The monoisotopic (exact) mass is 409 g/mol. The molecule has 0 radical (unpaired) electrons. The Morgan fingerprint density at radius 1 is 1.23 bits per heavy atom. The highest BCUT2D eigenvalue weighted by Crippen LogP contribution is 2.47. The Morgan fingerprint density at radius 3 is 2.70 bits per heavy atom. The van der Waals surface area contributed by atoms with Gasteiger partial charge in [-0.2, -0.15) is 0 Å². The Balaban J connectivity index is 1.45. The molecule has 1 aromatic carbocycles. The number of amides is 1. The van der Waals surface area contributed by atoms with Crippen molar-refractivity contribution in [1.29, 1.82) is 0 Å². The fourth-order valence-corrected chi connectivity index (χ4v) is 5.25. The van der Waals surface area contributed by atoms with Gasteiger partial charge >= 0.3 is 0 Å². The first kappa shape index (κ1) is 19.1. The number of aromatic amines is 1. The summed E-state index contributed by atoms with van der Waals surface area (Å²) in [6.07, 6.45) is 3.74. The van der Waals surface area contributed by atoms with E-state index in [4.69, 9.17) is 9.84 Å². The zero-order valence-electron chi connectivity index (χ0n) is 16.8. The number of aliphatic hydroxyl groups is 1. The van der Waals surface area contributed by atoms with Gasteiger partial charge in [-0.1, -0.05) is 0 Å². The van der Waals surface area contributed by atoms with E-state index in [9.17, 15) is 9.18 Å². The Kier molecular flexibility index (Phi) is 4.70. The molecular weight excluding hydrogens is 385 g/mol. The van der Waals surface area contributed by atoms with Gasteiger partial charge in [-0.25, -0.2) is 9.37 Å². The van der Waals surface area contributed by atoms with Gasteiger partial charge in [-0.3, -0.25) is 4.79 Å². The number of likely N-dealkylation sites (tertiary alicyclic amines) is 1. The number of hydrogen-bond acceptors (Lipinski definition) is 4. The summed E-state index contributed by atoms with van der Waals surface area (Å²) in [7, 11) is 1.58. The number of benzene rings is 1. The third-order valence-electron chi connectivity index (χ3n) is 6.68. The van der Waals surface area contributed by atoms with Gasteiger partial charge in [0.05, 0.1) is 7.11 Å². The van der Waals surface area contributed by atoms with E-state index in [1.54, 1.807) is 24.3 Å². The fraction of sp³-hybridized carbons (Fsp3) is 0.391. The highest BCUT2D eigenvalue weighted by molar-refractivity contribution is 5.95. The molecule has 3 heterocycles. The zero-order chi connectivity index (χ0) is 20.8. The van der Waals surface area contributed by atoms with E-state index in [1.165, 1.54) is 12.1 Å². The number of ether oxygens (including phenoxy) is 1. The molecule has 1 saturated carbocycles. The summed E-state index contributed by atoms with van der Waals surface area (Å²) in [5.41, 5.74) is 3.51. The number of aromatic nitrogens is 2. The summed E-state index contributed by atoms with van der Waals surface area (Å²) in [4.78, 5) is 21.5. The minimum absolute atomic E-state index is 0.176. The van der Waals surface area contributed by atoms with Crippen molar-refractivity contribution < 1.29 is 19.0 Å². The Morgan fingerprint density at radius 2 is 2.00 bits per heavy atom. The molecule has 2 N–H and O–H groups in total. The number of pyridine rings is 1. The second kappa shape index (κ2) is 7.40. The number of carbonyl (C=O) groups excluding carboxylic acids is 1. The summed E-state index contributed by atoms with van der Waals surface area (Å²) in [5, 5.41) is 10.1. The van der Waals surface area contributed by atoms with Crippen molar-refractivity contribution in [3.8, 4) is 16.9 Å². The predicted molar refractivity (Wildman–Crippen MR) is 111 cm³/mol. The van der Waals surface area contributed by atoms with E-state index in [0.29, 0.717) is 29.1 Å². The lowest BCUT2D eigenvalue weighted by Gasteiger charge is -2.17. The lowest BCUT2D eigenvalue weighted by atomic mass is 9.99. The van der Waals surface area contributed by atoms with Crippen LogP contribution in [0.25, 0.3) is 22.2 Å². The molecule has 3 aromatic rings. The summed E-state index contributed by atoms with van der Waals surface area (Å²) in [5.74, 6) is 1.44. The highest BCUT2D eigenvalue weighted by atomic mass is 19.1. The van der Waals surface area contributed by atoms with Gasteiger partial charge < -0.3 is 19.7 Å². The molecule has 2 aromatic heterocycles. The maximum Gasteiger partial charge on any atom is 0.248 e. The highest BCUT2D eigenvalue weighted by Gasteiger charge is 2.43. The van der Waals surface area contributed by atoms with Crippen molar-refractivity contribution >= 4 is 16.9 Å². The predicted octanol–water partition coefficient (Wildman–Crippen LogP) is 3.32.